The van der Waals surface area contributed by atoms with Crippen molar-refractivity contribution >= 4 is 7.37 Å². The second-order valence-electron chi connectivity index (χ2n) is 8.52. The summed E-state index contributed by atoms with van der Waals surface area (Å²) in [6, 6.07) is 7.73. The largest absolute Gasteiger partial charge is 0.508 e. The van der Waals surface area contributed by atoms with Gasteiger partial charge in [0.15, 0.2) is 6.35 Å². The maximum Gasteiger partial charge on any atom is 0.233 e. The van der Waals surface area contributed by atoms with E-state index in [0.29, 0.717) is 11.5 Å². The third-order valence-electron chi connectivity index (χ3n) is 5.57. The Kier molecular flexibility index (Phi) is 5.18. The van der Waals surface area contributed by atoms with Crippen molar-refractivity contribution in [3.05, 3.63) is 57.6 Å². The van der Waals surface area contributed by atoms with E-state index in [2.05, 4.69) is 13.8 Å². The van der Waals surface area contributed by atoms with Crippen molar-refractivity contribution in [3.63, 3.8) is 0 Å². The van der Waals surface area contributed by atoms with Crippen LogP contribution in [0.5, 0.6) is 11.5 Å². The predicted molar refractivity (Wildman–Crippen MR) is 109 cm³/mol. The molecule has 27 heavy (non-hydrogen) atoms. The summed E-state index contributed by atoms with van der Waals surface area (Å²) >= 11 is 0. The summed E-state index contributed by atoms with van der Waals surface area (Å²) < 4.78 is 17.0. The Bertz CT molecular complexity index is 901. The zero-order valence-corrected chi connectivity index (χ0v) is 17.7. The molecule has 0 bridgehead atoms. The SMILES string of the molecule is Cc1cc(OCP(C)(=O)O)cc(C)c1Cc1ccc(O)c2c1CCC2(C)C. The molecule has 0 heterocycles. The van der Waals surface area contributed by atoms with E-state index in [1.807, 2.05) is 38.1 Å². The highest BCUT2D eigenvalue weighted by molar-refractivity contribution is 7.56. The highest BCUT2D eigenvalue weighted by Crippen LogP contribution is 2.45. The van der Waals surface area contributed by atoms with Crippen LogP contribution in [0, 0.1) is 13.8 Å². The first-order chi connectivity index (χ1) is 12.5. The molecule has 1 aliphatic rings. The van der Waals surface area contributed by atoms with Crippen molar-refractivity contribution in [1.29, 1.82) is 0 Å². The average Bonchev–Trinajstić information content (AvgIpc) is 2.87. The van der Waals surface area contributed by atoms with E-state index in [9.17, 15) is 14.6 Å². The zero-order valence-electron chi connectivity index (χ0n) is 16.8. The topological polar surface area (TPSA) is 66.8 Å². The minimum absolute atomic E-state index is 0.00952. The molecule has 0 saturated heterocycles. The summed E-state index contributed by atoms with van der Waals surface area (Å²) in [6.07, 6.45) is 2.68. The van der Waals surface area contributed by atoms with Gasteiger partial charge in [0.25, 0.3) is 0 Å². The lowest BCUT2D eigenvalue weighted by Gasteiger charge is -2.21. The molecular weight excluding hydrogens is 359 g/mol. The van der Waals surface area contributed by atoms with Gasteiger partial charge in [-0.05, 0) is 84.5 Å². The summed E-state index contributed by atoms with van der Waals surface area (Å²) in [6.45, 7) is 9.78. The number of benzene rings is 2. The maximum atomic E-state index is 11.5. The number of rotatable bonds is 5. The first-order valence-corrected chi connectivity index (χ1v) is 11.6. The normalized spacial score (nSPS) is 17.4. The number of aryl methyl sites for hydroxylation is 2. The molecule has 2 aromatic carbocycles. The molecule has 5 heteroatoms. The first-order valence-electron chi connectivity index (χ1n) is 9.34. The number of hydrogen-bond donors (Lipinski definition) is 2. The van der Waals surface area contributed by atoms with Crippen LogP contribution in [0.4, 0.5) is 0 Å². The number of hydrogen-bond acceptors (Lipinski definition) is 3. The van der Waals surface area contributed by atoms with Crippen LogP contribution in [0.1, 0.15) is 53.6 Å². The highest BCUT2D eigenvalue weighted by atomic mass is 31.2. The van der Waals surface area contributed by atoms with Gasteiger partial charge in [0.05, 0.1) is 0 Å². The first kappa shape index (κ1) is 20.0. The van der Waals surface area contributed by atoms with Gasteiger partial charge in [0, 0.05) is 12.2 Å². The van der Waals surface area contributed by atoms with E-state index in [-0.39, 0.29) is 11.8 Å². The van der Waals surface area contributed by atoms with Crippen molar-refractivity contribution in [2.24, 2.45) is 0 Å². The lowest BCUT2D eigenvalue weighted by molar-refractivity contribution is 0.352. The van der Waals surface area contributed by atoms with E-state index >= 15 is 0 Å². The van der Waals surface area contributed by atoms with Gasteiger partial charge in [-0.25, -0.2) is 0 Å². The van der Waals surface area contributed by atoms with Gasteiger partial charge in [0.2, 0.25) is 7.37 Å². The van der Waals surface area contributed by atoms with Crippen LogP contribution >= 0.6 is 7.37 Å². The molecule has 4 nitrogen and oxygen atoms in total. The quantitative estimate of drug-likeness (QED) is 0.703. The van der Waals surface area contributed by atoms with Crippen LogP contribution in [0.2, 0.25) is 0 Å². The van der Waals surface area contributed by atoms with Crippen molar-refractivity contribution in [2.75, 3.05) is 13.0 Å². The van der Waals surface area contributed by atoms with Crippen molar-refractivity contribution in [2.45, 2.75) is 52.4 Å². The minimum Gasteiger partial charge on any atom is -0.508 e. The van der Waals surface area contributed by atoms with Crippen LogP contribution in [0.25, 0.3) is 0 Å². The van der Waals surface area contributed by atoms with Crippen LogP contribution in [-0.2, 0) is 22.8 Å². The molecule has 0 radical (unpaired) electrons. The Hall–Kier alpha value is -1.77. The zero-order chi connectivity index (χ0) is 20.0. The molecule has 146 valence electrons. The fourth-order valence-corrected chi connectivity index (χ4v) is 4.54. The van der Waals surface area contributed by atoms with E-state index in [4.69, 9.17) is 4.74 Å². The number of aromatic hydroxyl groups is 1. The molecule has 1 unspecified atom stereocenters. The van der Waals surface area contributed by atoms with Crippen LogP contribution in [-0.4, -0.2) is 23.0 Å². The Labute approximate surface area is 161 Å². The van der Waals surface area contributed by atoms with Gasteiger partial charge >= 0.3 is 0 Å². The summed E-state index contributed by atoms with van der Waals surface area (Å²) in [7, 11) is -3.20. The van der Waals surface area contributed by atoms with Crippen LogP contribution in [0.3, 0.4) is 0 Å². The molecule has 0 aliphatic heterocycles. The second kappa shape index (κ2) is 7.00. The molecule has 1 atom stereocenters. The minimum atomic E-state index is -3.20. The monoisotopic (exact) mass is 388 g/mol. The number of phenolic OH excluding ortho intramolecular Hbond substituents is 1. The molecule has 1 aliphatic carbocycles. The molecule has 2 aromatic rings. The number of phenols is 1. The van der Waals surface area contributed by atoms with E-state index < -0.39 is 7.37 Å². The molecule has 2 N–H and O–H groups in total. The molecule has 0 aromatic heterocycles. The fraction of sp³-hybridized carbons (Fsp3) is 0.455. The van der Waals surface area contributed by atoms with Crippen molar-refractivity contribution in [3.8, 4) is 11.5 Å². The third-order valence-corrected chi connectivity index (χ3v) is 6.18. The van der Waals surface area contributed by atoms with Crippen molar-refractivity contribution < 1.29 is 19.3 Å². The number of ether oxygens (including phenoxy) is 1. The smallest absolute Gasteiger partial charge is 0.233 e. The Morgan fingerprint density at radius 2 is 1.81 bits per heavy atom. The molecule has 0 fully saturated rings. The Balaban J connectivity index is 1.92. The Morgan fingerprint density at radius 1 is 1.19 bits per heavy atom. The maximum absolute atomic E-state index is 11.5. The van der Waals surface area contributed by atoms with E-state index in [1.165, 1.54) is 23.4 Å². The lowest BCUT2D eigenvalue weighted by Crippen LogP contribution is -2.12. The van der Waals surface area contributed by atoms with E-state index in [0.717, 1.165) is 36.0 Å². The van der Waals surface area contributed by atoms with Gasteiger partial charge < -0.3 is 14.7 Å². The Morgan fingerprint density at radius 3 is 2.41 bits per heavy atom. The van der Waals surface area contributed by atoms with Gasteiger partial charge in [-0.1, -0.05) is 19.9 Å². The predicted octanol–water partition coefficient (Wildman–Crippen LogP) is 5.06. The fourth-order valence-electron chi connectivity index (χ4n) is 4.15. The molecule has 0 amide bonds. The molecular formula is C22H29O4P. The van der Waals surface area contributed by atoms with E-state index in [1.54, 1.807) is 0 Å². The summed E-state index contributed by atoms with van der Waals surface area (Å²) in [5, 5.41) is 10.4. The second-order valence-corrected chi connectivity index (χ2v) is 10.9. The average molecular weight is 388 g/mol. The lowest BCUT2D eigenvalue weighted by atomic mass is 9.84. The summed E-state index contributed by atoms with van der Waals surface area (Å²) in [5.74, 6) is 1.03. The van der Waals surface area contributed by atoms with Gasteiger partial charge in [0.1, 0.15) is 11.5 Å². The third kappa shape index (κ3) is 4.23. The summed E-state index contributed by atoms with van der Waals surface area (Å²) in [5.41, 5.74) is 7.10. The molecule has 3 rings (SSSR count). The standard InChI is InChI=1S/C22H29O4P/c1-14-10-17(26-13-27(5,24)25)11-15(2)19(14)12-16-6-7-20(23)21-18(16)8-9-22(21,3)4/h6-7,10-11,23H,8-9,12-13H2,1-5H3,(H,24,25). The molecule has 0 saturated carbocycles. The number of fused-ring (bicyclic) bond motifs is 1. The summed E-state index contributed by atoms with van der Waals surface area (Å²) in [4.78, 5) is 9.43. The molecule has 0 spiro atoms. The van der Waals surface area contributed by atoms with Gasteiger partial charge in [-0.15, -0.1) is 0 Å². The van der Waals surface area contributed by atoms with Gasteiger partial charge in [-0.2, -0.15) is 0 Å². The van der Waals surface area contributed by atoms with Crippen LogP contribution < -0.4 is 4.74 Å². The van der Waals surface area contributed by atoms with Crippen LogP contribution in [0.15, 0.2) is 24.3 Å². The highest BCUT2D eigenvalue weighted by Gasteiger charge is 2.34. The van der Waals surface area contributed by atoms with Crippen molar-refractivity contribution in [1.82, 2.24) is 0 Å². The van der Waals surface area contributed by atoms with Gasteiger partial charge in [-0.3, -0.25) is 4.57 Å².